The summed E-state index contributed by atoms with van der Waals surface area (Å²) < 4.78 is 18.3. The molecule has 0 saturated heterocycles. The Kier molecular flexibility index (Phi) is 8.30. The molecule has 2 aromatic heterocycles. The Morgan fingerprint density at radius 2 is 1.91 bits per heavy atom. The van der Waals surface area contributed by atoms with E-state index in [-0.39, 0.29) is 5.91 Å². The maximum Gasteiger partial charge on any atom is 0.253 e. The number of carbonyl (C=O) groups is 1. The van der Waals surface area contributed by atoms with Gasteiger partial charge in [-0.2, -0.15) is 0 Å². The molecule has 0 fully saturated rings. The molecule has 7 nitrogen and oxygen atoms in total. The Morgan fingerprint density at radius 3 is 2.56 bits per heavy atom. The summed E-state index contributed by atoms with van der Waals surface area (Å²) in [6, 6.07) is 9.41. The first-order valence-corrected chi connectivity index (χ1v) is 11.5. The van der Waals surface area contributed by atoms with E-state index in [4.69, 9.17) is 19.2 Å². The van der Waals surface area contributed by atoms with Crippen LogP contribution in [0, 0.1) is 12.8 Å². The highest BCUT2D eigenvalue weighted by Gasteiger charge is 2.20. The molecule has 0 aliphatic carbocycles. The predicted molar refractivity (Wildman–Crippen MR) is 127 cm³/mol. The maximum atomic E-state index is 12.7. The second-order valence-corrected chi connectivity index (χ2v) is 8.82. The number of nitrogens with one attached hydrogen (secondary N) is 1. The molecule has 2 heterocycles. The van der Waals surface area contributed by atoms with Gasteiger partial charge in [0.05, 0.1) is 30.7 Å². The van der Waals surface area contributed by atoms with Gasteiger partial charge in [-0.05, 0) is 43.2 Å². The Bertz CT molecular complexity index is 1020. The lowest BCUT2D eigenvalue weighted by molar-refractivity contribution is 0.0936. The number of nitrogens with zero attached hydrogens (tertiary/aromatic N) is 2. The lowest BCUT2D eigenvalue weighted by Crippen LogP contribution is -2.27. The summed E-state index contributed by atoms with van der Waals surface area (Å²) in [5, 5.41) is 5.80. The SMILES string of the molecule is COCCNC(=O)c1cc(-c2csc(COc3ccc(OC)cc3)n2)n(CC(C)C)c1C. The average molecular weight is 458 g/mol. The predicted octanol–water partition coefficient (Wildman–Crippen LogP) is 4.54. The van der Waals surface area contributed by atoms with E-state index in [1.165, 1.54) is 0 Å². The lowest BCUT2D eigenvalue weighted by Gasteiger charge is -2.13. The quantitative estimate of drug-likeness (QED) is 0.428. The lowest BCUT2D eigenvalue weighted by atomic mass is 10.2. The minimum Gasteiger partial charge on any atom is -0.497 e. The highest BCUT2D eigenvalue weighted by Crippen LogP contribution is 2.29. The van der Waals surface area contributed by atoms with E-state index in [0.717, 1.165) is 40.1 Å². The zero-order chi connectivity index (χ0) is 23.1. The molecule has 1 aromatic carbocycles. The van der Waals surface area contributed by atoms with Crippen LogP contribution < -0.4 is 14.8 Å². The molecule has 0 aliphatic heterocycles. The number of methoxy groups -OCH3 is 2. The standard InChI is InChI=1S/C24H31N3O4S/c1-16(2)13-27-17(3)20(24(28)25-10-11-29-4)12-22(27)21-15-32-23(26-21)14-31-19-8-6-18(30-5)7-9-19/h6-9,12,15-16H,10-11,13-14H2,1-5H3,(H,25,28). The molecule has 0 aliphatic rings. The summed E-state index contributed by atoms with van der Waals surface area (Å²) in [4.78, 5) is 17.5. The maximum absolute atomic E-state index is 12.7. The van der Waals surface area contributed by atoms with E-state index in [9.17, 15) is 4.79 Å². The molecule has 0 bridgehead atoms. The first kappa shape index (κ1) is 23.8. The minimum atomic E-state index is -0.0957. The van der Waals surface area contributed by atoms with Crippen LogP contribution in [0.2, 0.25) is 0 Å². The van der Waals surface area contributed by atoms with Crippen molar-refractivity contribution in [2.45, 2.75) is 33.9 Å². The van der Waals surface area contributed by atoms with E-state index in [0.29, 0.717) is 31.2 Å². The topological polar surface area (TPSA) is 74.6 Å². The summed E-state index contributed by atoms with van der Waals surface area (Å²) in [6.45, 7) is 8.45. The number of hydrogen-bond acceptors (Lipinski definition) is 6. The van der Waals surface area contributed by atoms with Gasteiger partial charge in [-0.25, -0.2) is 4.98 Å². The van der Waals surface area contributed by atoms with E-state index in [1.54, 1.807) is 25.6 Å². The van der Waals surface area contributed by atoms with E-state index in [2.05, 4.69) is 23.7 Å². The van der Waals surface area contributed by atoms with Gasteiger partial charge in [0.1, 0.15) is 23.1 Å². The van der Waals surface area contributed by atoms with Crippen LogP contribution in [-0.4, -0.2) is 42.8 Å². The summed E-state index contributed by atoms with van der Waals surface area (Å²) in [5.74, 6) is 1.89. The Balaban J connectivity index is 1.79. The van der Waals surface area contributed by atoms with Crippen molar-refractivity contribution < 1.29 is 19.0 Å². The van der Waals surface area contributed by atoms with Crippen molar-refractivity contribution in [3.63, 3.8) is 0 Å². The third-order valence-electron chi connectivity index (χ3n) is 4.99. The Labute approximate surface area is 193 Å². The second-order valence-electron chi connectivity index (χ2n) is 7.87. The van der Waals surface area contributed by atoms with Gasteiger partial charge in [-0.15, -0.1) is 11.3 Å². The fourth-order valence-corrected chi connectivity index (χ4v) is 4.06. The van der Waals surface area contributed by atoms with Gasteiger partial charge >= 0.3 is 0 Å². The number of thiazole rings is 1. The molecule has 3 rings (SSSR count). The zero-order valence-corrected chi connectivity index (χ0v) is 20.1. The van der Waals surface area contributed by atoms with Crippen molar-refractivity contribution in [3.8, 4) is 22.9 Å². The molecular formula is C24H31N3O4S. The molecule has 1 amide bonds. The molecule has 172 valence electrons. The van der Waals surface area contributed by atoms with Gasteiger partial charge in [0.15, 0.2) is 0 Å². The van der Waals surface area contributed by atoms with Crippen LogP contribution in [0.3, 0.4) is 0 Å². The molecule has 3 aromatic rings. The van der Waals surface area contributed by atoms with Gasteiger partial charge in [0.25, 0.3) is 5.91 Å². The van der Waals surface area contributed by atoms with Crippen molar-refractivity contribution >= 4 is 17.2 Å². The molecule has 8 heteroatoms. The van der Waals surface area contributed by atoms with Crippen molar-refractivity contribution in [2.75, 3.05) is 27.4 Å². The Morgan fingerprint density at radius 1 is 1.19 bits per heavy atom. The summed E-state index contributed by atoms with van der Waals surface area (Å²) in [6.07, 6.45) is 0. The normalized spacial score (nSPS) is 11.1. The first-order valence-electron chi connectivity index (χ1n) is 10.6. The summed E-state index contributed by atoms with van der Waals surface area (Å²) >= 11 is 1.55. The molecule has 0 saturated carbocycles. The number of rotatable bonds is 11. The molecule has 0 unspecified atom stereocenters. The van der Waals surface area contributed by atoms with Crippen molar-refractivity contribution in [1.29, 1.82) is 0 Å². The second kappa shape index (κ2) is 11.2. The fourth-order valence-electron chi connectivity index (χ4n) is 3.36. The number of amides is 1. The van der Waals surface area contributed by atoms with Crippen LogP contribution in [0.4, 0.5) is 0 Å². The van der Waals surface area contributed by atoms with Crippen LogP contribution >= 0.6 is 11.3 Å². The minimum absolute atomic E-state index is 0.0957. The molecule has 0 spiro atoms. The van der Waals surface area contributed by atoms with Crippen molar-refractivity contribution in [2.24, 2.45) is 5.92 Å². The highest BCUT2D eigenvalue weighted by atomic mass is 32.1. The van der Waals surface area contributed by atoms with Gasteiger partial charge in [0, 0.05) is 31.3 Å². The average Bonchev–Trinajstić information content (AvgIpc) is 3.37. The van der Waals surface area contributed by atoms with Gasteiger partial charge in [0.2, 0.25) is 0 Å². The number of aromatic nitrogens is 2. The third kappa shape index (κ3) is 5.89. The molecular weight excluding hydrogens is 426 g/mol. The molecule has 0 atom stereocenters. The molecule has 0 radical (unpaired) electrons. The number of benzene rings is 1. The first-order chi connectivity index (χ1) is 15.4. The fraction of sp³-hybridized carbons (Fsp3) is 0.417. The molecule has 1 N–H and O–H groups in total. The van der Waals surface area contributed by atoms with Crippen molar-refractivity contribution in [1.82, 2.24) is 14.9 Å². The molecule has 32 heavy (non-hydrogen) atoms. The van der Waals surface area contributed by atoms with Gasteiger partial charge in [-0.3, -0.25) is 4.79 Å². The highest BCUT2D eigenvalue weighted by molar-refractivity contribution is 7.09. The van der Waals surface area contributed by atoms with Crippen LogP contribution in [0.15, 0.2) is 35.7 Å². The third-order valence-corrected chi connectivity index (χ3v) is 5.81. The van der Waals surface area contributed by atoms with E-state index < -0.39 is 0 Å². The number of hydrogen-bond donors (Lipinski definition) is 1. The smallest absolute Gasteiger partial charge is 0.253 e. The largest absolute Gasteiger partial charge is 0.497 e. The number of ether oxygens (including phenoxy) is 3. The monoisotopic (exact) mass is 457 g/mol. The van der Waals surface area contributed by atoms with Gasteiger partial charge < -0.3 is 24.1 Å². The van der Waals surface area contributed by atoms with Crippen LogP contribution in [-0.2, 0) is 17.9 Å². The van der Waals surface area contributed by atoms with Crippen LogP contribution in [0.25, 0.3) is 11.4 Å². The zero-order valence-electron chi connectivity index (χ0n) is 19.3. The number of carbonyl (C=O) groups excluding carboxylic acids is 1. The van der Waals surface area contributed by atoms with Crippen LogP contribution in [0.5, 0.6) is 11.5 Å². The van der Waals surface area contributed by atoms with Gasteiger partial charge in [-0.1, -0.05) is 13.8 Å². The van der Waals surface area contributed by atoms with Crippen LogP contribution in [0.1, 0.15) is 34.9 Å². The Hall–Kier alpha value is -2.84. The van der Waals surface area contributed by atoms with E-state index >= 15 is 0 Å². The van der Waals surface area contributed by atoms with E-state index in [1.807, 2.05) is 42.6 Å². The summed E-state index contributed by atoms with van der Waals surface area (Å²) in [7, 11) is 3.26. The summed E-state index contributed by atoms with van der Waals surface area (Å²) in [5.41, 5.74) is 3.40. The van der Waals surface area contributed by atoms with Crippen molar-refractivity contribution in [3.05, 3.63) is 52.0 Å².